The van der Waals surface area contributed by atoms with Crippen LogP contribution in [0.2, 0.25) is 5.02 Å². The Hall–Kier alpha value is -1.57. The van der Waals surface area contributed by atoms with Gasteiger partial charge in [0.2, 0.25) is 0 Å². The van der Waals surface area contributed by atoms with Gasteiger partial charge in [-0.1, -0.05) is 27.5 Å². The second kappa shape index (κ2) is 5.60. The number of pyridine rings is 1. The van der Waals surface area contributed by atoms with E-state index in [1.165, 1.54) is 0 Å². The molecule has 0 aliphatic heterocycles. The first-order valence-electron chi connectivity index (χ1n) is 5.61. The van der Waals surface area contributed by atoms with Crippen molar-refractivity contribution < 1.29 is 0 Å². The summed E-state index contributed by atoms with van der Waals surface area (Å²) in [5, 5.41) is 12.9. The molecule has 0 saturated heterocycles. The zero-order valence-electron chi connectivity index (χ0n) is 10.5. The molecule has 0 radical (unpaired) electrons. The molecule has 0 saturated carbocycles. The molecule has 0 amide bonds. The minimum atomic E-state index is 0.528. The molecule has 0 unspecified atom stereocenters. The van der Waals surface area contributed by atoms with Gasteiger partial charge in [0.25, 0.3) is 0 Å². The topological polar surface area (TPSA) is 48.7 Å². The smallest absolute Gasteiger partial charge is 0.148 e. The van der Waals surface area contributed by atoms with Gasteiger partial charge < -0.3 is 5.32 Å². The lowest BCUT2D eigenvalue weighted by molar-refractivity contribution is 1.16. The van der Waals surface area contributed by atoms with E-state index in [1.54, 1.807) is 6.07 Å². The molecule has 1 aromatic heterocycles. The van der Waals surface area contributed by atoms with E-state index in [0.717, 1.165) is 15.7 Å². The average Bonchev–Trinajstić information content (AvgIpc) is 2.33. The monoisotopic (exact) mass is 335 g/mol. The summed E-state index contributed by atoms with van der Waals surface area (Å²) in [6, 6.07) is 9.53. The van der Waals surface area contributed by atoms with Crippen LogP contribution in [0, 0.1) is 25.2 Å². The van der Waals surface area contributed by atoms with Crippen LogP contribution in [0.15, 0.2) is 28.7 Å². The maximum Gasteiger partial charge on any atom is 0.148 e. The molecule has 0 bridgehead atoms. The predicted octanol–water partition coefficient (Wildman–Crippen LogP) is 4.73. The molecule has 1 heterocycles. The molecule has 0 aliphatic carbocycles. The number of aryl methyl sites for hydroxylation is 2. The van der Waals surface area contributed by atoms with Crippen molar-refractivity contribution in [1.82, 2.24) is 4.98 Å². The molecule has 1 N–H and O–H groups in total. The van der Waals surface area contributed by atoms with Crippen molar-refractivity contribution in [3.05, 3.63) is 50.6 Å². The second-order valence-electron chi connectivity index (χ2n) is 4.17. The van der Waals surface area contributed by atoms with Gasteiger partial charge in [0.05, 0.1) is 16.3 Å². The predicted molar refractivity (Wildman–Crippen MR) is 80.9 cm³/mol. The molecule has 0 atom stereocenters. The van der Waals surface area contributed by atoms with Gasteiger partial charge in [-0.25, -0.2) is 4.98 Å². The van der Waals surface area contributed by atoms with Crippen molar-refractivity contribution >= 4 is 39.0 Å². The van der Waals surface area contributed by atoms with Crippen molar-refractivity contribution in [3.8, 4) is 6.07 Å². The minimum absolute atomic E-state index is 0.528. The summed E-state index contributed by atoms with van der Waals surface area (Å²) >= 11 is 9.52. The number of nitrogens with zero attached hydrogens (tertiary/aromatic N) is 2. The van der Waals surface area contributed by atoms with E-state index in [-0.39, 0.29) is 0 Å². The third-order valence-electron chi connectivity index (χ3n) is 2.64. The molecule has 2 rings (SSSR count). The van der Waals surface area contributed by atoms with Gasteiger partial charge in [-0.05, 0) is 43.7 Å². The lowest BCUT2D eigenvalue weighted by atomic mass is 10.1. The van der Waals surface area contributed by atoms with Crippen LogP contribution in [0.25, 0.3) is 0 Å². The average molecular weight is 337 g/mol. The van der Waals surface area contributed by atoms with Crippen molar-refractivity contribution in [2.45, 2.75) is 13.8 Å². The number of anilines is 2. The van der Waals surface area contributed by atoms with Gasteiger partial charge in [0, 0.05) is 10.2 Å². The molecule has 3 nitrogen and oxygen atoms in total. The first kappa shape index (κ1) is 13.9. The summed E-state index contributed by atoms with van der Waals surface area (Å²) < 4.78 is 0.905. The van der Waals surface area contributed by atoms with Crippen molar-refractivity contribution in [1.29, 1.82) is 5.26 Å². The van der Waals surface area contributed by atoms with Gasteiger partial charge >= 0.3 is 0 Å². The molecule has 2 aromatic rings. The first-order valence-corrected chi connectivity index (χ1v) is 6.79. The van der Waals surface area contributed by atoms with Crippen molar-refractivity contribution in [2.75, 3.05) is 5.32 Å². The van der Waals surface area contributed by atoms with E-state index >= 15 is 0 Å². The third kappa shape index (κ3) is 3.06. The molecule has 0 aliphatic rings. The van der Waals surface area contributed by atoms with Crippen LogP contribution in [-0.2, 0) is 0 Å². The second-order valence-corrected chi connectivity index (χ2v) is 5.49. The van der Waals surface area contributed by atoms with E-state index in [2.05, 4.69) is 32.3 Å². The highest BCUT2D eigenvalue weighted by Gasteiger charge is 2.10. The molecule has 96 valence electrons. The Morgan fingerprint density at radius 1 is 1.32 bits per heavy atom. The van der Waals surface area contributed by atoms with Crippen LogP contribution in [0.3, 0.4) is 0 Å². The summed E-state index contributed by atoms with van der Waals surface area (Å²) in [6.07, 6.45) is 0. The van der Waals surface area contributed by atoms with Crippen LogP contribution in [0.5, 0.6) is 0 Å². The Balaban J connectivity index is 2.49. The van der Waals surface area contributed by atoms with Crippen LogP contribution < -0.4 is 5.32 Å². The summed E-state index contributed by atoms with van der Waals surface area (Å²) in [4.78, 5) is 4.36. The van der Waals surface area contributed by atoms with E-state index in [9.17, 15) is 5.26 Å². The van der Waals surface area contributed by atoms with E-state index in [0.29, 0.717) is 22.1 Å². The number of aromatic nitrogens is 1. The summed E-state index contributed by atoms with van der Waals surface area (Å²) in [5.41, 5.74) is 2.99. The summed E-state index contributed by atoms with van der Waals surface area (Å²) in [6.45, 7) is 3.78. The fourth-order valence-corrected chi connectivity index (χ4v) is 2.32. The lowest BCUT2D eigenvalue weighted by Gasteiger charge is -2.11. The molecule has 1 aromatic carbocycles. The SMILES string of the molecule is Cc1cc(C)c(C#N)c(Nc2cc(Br)ccc2Cl)n1. The minimum Gasteiger partial charge on any atom is -0.338 e. The van der Waals surface area contributed by atoms with E-state index < -0.39 is 0 Å². The van der Waals surface area contributed by atoms with Crippen molar-refractivity contribution in [2.24, 2.45) is 0 Å². The zero-order valence-corrected chi connectivity index (χ0v) is 12.8. The van der Waals surface area contributed by atoms with Crippen LogP contribution >= 0.6 is 27.5 Å². The highest BCUT2D eigenvalue weighted by atomic mass is 79.9. The molecular weight excluding hydrogens is 326 g/mol. The van der Waals surface area contributed by atoms with Gasteiger partial charge in [-0.15, -0.1) is 0 Å². The Morgan fingerprint density at radius 3 is 2.74 bits per heavy atom. The number of hydrogen-bond acceptors (Lipinski definition) is 3. The van der Waals surface area contributed by atoms with Crippen molar-refractivity contribution in [3.63, 3.8) is 0 Å². The number of nitrogens with one attached hydrogen (secondary N) is 1. The largest absolute Gasteiger partial charge is 0.338 e. The van der Waals surface area contributed by atoms with Gasteiger partial charge in [-0.3, -0.25) is 0 Å². The molecular formula is C14H11BrClN3. The fraction of sp³-hybridized carbons (Fsp3) is 0.143. The summed E-state index contributed by atoms with van der Waals surface area (Å²) in [5.74, 6) is 0.528. The number of rotatable bonds is 2. The van der Waals surface area contributed by atoms with E-state index in [4.69, 9.17) is 11.6 Å². The number of benzene rings is 1. The quantitative estimate of drug-likeness (QED) is 0.862. The first-order chi connectivity index (χ1) is 9.01. The highest BCUT2D eigenvalue weighted by Crippen LogP contribution is 2.29. The number of nitriles is 1. The standard InChI is InChI=1S/C14H11BrClN3/c1-8-5-9(2)18-14(11(8)7-17)19-13-6-10(15)3-4-12(13)16/h3-6H,1-2H3,(H,18,19). The Kier molecular flexibility index (Phi) is 4.08. The molecule has 19 heavy (non-hydrogen) atoms. The molecule has 5 heteroatoms. The maximum absolute atomic E-state index is 9.22. The molecule has 0 fully saturated rings. The maximum atomic E-state index is 9.22. The van der Waals surface area contributed by atoms with Crippen LogP contribution in [0.4, 0.5) is 11.5 Å². The normalized spacial score (nSPS) is 10.1. The highest BCUT2D eigenvalue weighted by molar-refractivity contribution is 9.10. The van der Waals surface area contributed by atoms with Gasteiger partial charge in [0.1, 0.15) is 11.9 Å². The van der Waals surface area contributed by atoms with Gasteiger partial charge in [0.15, 0.2) is 0 Å². The third-order valence-corrected chi connectivity index (χ3v) is 3.46. The Labute approximate surface area is 125 Å². The van der Waals surface area contributed by atoms with Crippen LogP contribution in [0.1, 0.15) is 16.8 Å². The Bertz CT molecular complexity index is 677. The number of halogens is 2. The fourth-order valence-electron chi connectivity index (χ4n) is 1.79. The lowest BCUT2D eigenvalue weighted by Crippen LogP contribution is -2.01. The number of hydrogen-bond donors (Lipinski definition) is 1. The zero-order chi connectivity index (χ0) is 14.0. The molecule has 0 spiro atoms. The summed E-state index contributed by atoms with van der Waals surface area (Å²) in [7, 11) is 0. The van der Waals surface area contributed by atoms with Gasteiger partial charge in [-0.2, -0.15) is 5.26 Å². The Morgan fingerprint density at radius 2 is 2.05 bits per heavy atom. The van der Waals surface area contributed by atoms with E-state index in [1.807, 2.05) is 32.0 Å². The van der Waals surface area contributed by atoms with Crippen LogP contribution in [-0.4, -0.2) is 4.98 Å².